The van der Waals surface area contributed by atoms with Crippen LogP contribution >= 0.6 is 11.8 Å². The highest BCUT2D eigenvalue weighted by molar-refractivity contribution is 7.99. The van der Waals surface area contributed by atoms with Gasteiger partial charge in [-0.1, -0.05) is 11.8 Å². The van der Waals surface area contributed by atoms with Crippen LogP contribution in [0.5, 0.6) is 0 Å². The van der Waals surface area contributed by atoms with Crippen molar-refractivity contribution < 1.29 is 14.3 Å². The lowest BCUT2D eigenvalue weighted by Crippen LogP contribution is -2.48. The summed E-state index contributed by atoms with van der Waals surface area (Å²) in [5.41, 5.74) is 1.31. The Balaban J connectivity index is 1.73. The minimum Gasteiger partial charge on any atom is -0.444 e. The molecule has 0 aromatic carbocycles. The van der Waals surface area contributed by atoms with Gasteiger partial charge < -0.3 is 15.0 Å². The van der Waals surface area contributed by atoms with Crippen molar-refractivity contribution in [1.29, 1.82) is 0 Å². The number of nitrogens with zero attached hydrogens (tertiary/aromatic N) is 3. The summed E-state index contributed by atoms with van der Waals surface area (Å²) in [5.74, 6) is 0.253. The molecule has 0 saturated carbocycles. The maximum Gasteiger partial charge on any atom is 0.410 e. The molecular weight excluding hydrogens is 352 g/mol. The largest absolute Gasteiger partial charge is 0.444 e. The first-order valence-electron chi connectivity index (χ1n) is 8.85. The van der Waals surface area contributed by atoms with Gasteiger partial charge >= 0.3 is 6.09 Å². The molecule has 1 aliphatic rings. The minimum absolute atomic E-state index is 0.0338. The number of piperidine rings is 1. The number of ether oxygens (including phenoxy) is 1. The van der Waals surface area contributed by atoms with Crippen molar-refractivity contribution in [2.24, 2.45) is 0 Å². The topological polar surface area (TPSA) is 84.4 Å². The maximum absolute atomic E-state index is 12.2. The molecule has 2 heterocycles. The van der Waals surface area contributed by atoms with Crippen LogP contribution in [0.2, 0.25) is 0 Å². The third kappa shape index (κ3) is 6.82. The predicted octanol–water partition coefficient (Wildman–Crippen LogP) is 2.70. The Morgan fingerprint density at radius 2 is 1.81 bits per heavy atom. The van der Waals surface area contributed by atoms with Crippen molar-refractivity contribution in [2.45, 2.75) is 64.3 Å². The van der Waals surface area contributed by atoms with Crippen LogP contribution in [0.1, 0.15) is 45.0 Å². The van der Waals surface area contributed by atoms with E-state index >= 15 is 0 Å². The molecular formula is C18H28N4O3S. The number of hydrogen-bond acceptors (Lipinski definition) is 6. The second-order valence-corrected chi connectivity index (χ2v) is 8.47. The van der Waals surface area contributed by atoms with Crippen molar-refractivity contribution in [2.75, 3.05) is 18.8 Å². The molecule has 1 aromatic heterocycles. The highest BCUT2D eigenvalue weighted by Gasteiger charge is 2.27. The smallest absolute Gasteiger partial charge is 0.410 e. The average molecular weight is 381 g/mol. The number of aryl methyl sites for hydroxylation is 2. The van der Waals surface area contributed by atoms with E-state index in [2.05, 4.69) is 15.3 Å². The molecule has 0 aliphatic carbocycles. The molecule has 0 atom stereocenters. The second kappa shape index (κ2) is 8.70. The lowest BCUT2D eigenvalue weighted by Gasteiger charge is -2.33. The fourth-order valence-electron chi connectivity index (χ4n) is 2.69. The number of likely N-dealkylation sites (tertiary alicyclic amines) is 1. The predicted molar refractivity (Wildman–Crippen MR) is 101 cm³/mol. The van der Waals surface area contributed by atoms with Crippen molar-refractivity contribution in [3.63, 3.8) is 0 Å². The normalized spacial score (nSPS) is 15.7. The molecule has 8 heteroatoms. The molecule has 26 heavy (non-hydrogen) atoms. The number of amides is 2. The van der Waals surface area contributed by atoms with Crippen molar-refractivity contribution >= 4 is 23.8 Å². The van der Waals surface area contributed by atoms with Gasteiger partial charge in [0.2, 0.25) is 5.91 Å². The zero-order valence-corrected chi connectivity index (χ0v) is 17.0. The molecule has 1 saturated heterocycles. The SMILES string of the molecule is Cc1cc(C)nc(SCC(=O)NC2CCN(C(=O)OC(C)(C)C)CC2)n1. The molecule has 144 valence electrons. The zero-order chi connectivity index (χ0) is 19.3. The monoisotopic (exact) mass is 380 g/mol. The van der Waals surface area contributed by atoms with E-state index in [1.807, 2.05) is 40.7 Å². The number of carbonyl (C=O) groups excluding carboxylic acids is 2. The van der Waals surface area contributed by atoms with Crippen LogP contribution in [0.15, 0.2) is 11.2 Å². The summed E-state index contributed by atoms with van der Waals surface area (Å²) < 4.78 is 5.38. The summed E-state index contributed by atoms with van der Waals surface area (Å²) in [7, 11) is 0. The summed E-state index contributed by atoms with van der Waals surface area (Å²) in [6.07, 6.45) is 1.18. The maximum atomic E-state index is 12.2. The first kappa shape index (κ1) is 20.5. The molecule has 0 unspecified atom stereocenters. The molecule has 1 N–H and O–H groups in total. The van der Waals surface area contributed by atoms with Crippen LogP contribution in [-0.4, -0.2) is 57.4 Å². The molecule has 0 radical (unpaired) electrons. The van der Waals surface area contributed by atoms with Crippen molar-refractivity contribution in [3.8, 4) is 0 Å². The lowest BCUT2D eigenvalue weighted by molar-refractivity contribution is -0.119. The molecule has 2 amide bonds. The lowest BCUT2D eigenvalue weighted by atomic mass is 10.1. The first-order valence-corrected chi connectivity index (χ1v) is 9.83. The van der Waals surface area contributed by atoms with Gasteiger partial charge in [-0.05, 0) is 53.5 Å². The van der Waals surface area contributed by atoms with E-state index in [1.165, 1.54) is 11.8 Å². The third-order valence-corrected chi connectivity index (χ3v) is 4.65. The standard InChI is InChI=1S/C18H28N4O3S/c1-12-10-13(2)20-16(19-12)26-11-15(23)21-14-6-8-22(9-7-14)17(24)25-18(3,4)5/h10,14H,6-9,11H2,1-5H3,(H,21,23). The Labute approximate surface area is 159 Å². The average Bonchev–Trinajstić information content (AvgIpc) is 2.51. The van der Waals surface area contributed by atoms with E-state index in [0.717, 1.165) is 24.2 Å². The van der Waals surface area contributed by atoms with Gasteiger partial charge in [0, 0.05) is 30.5 Å². The Morgan fingerprint density at radius 1 is 1.23 bits per heavy atom. The third-order valence-electron chi connectivity index (χ3n) is 3.81. The first-order chi connectivity index (χ1) is 12.1. The Hall–Kier alpha value is -1.83. The molecule has 2 rings (SSSR count). The number of rotatable bonds is 4. The van der Waals surface area contributed by atoms with E-state index in [9.17, 15) is 9.59 Å². The molecule has 1 aromatic rings. The van der Waals surface area contributed by atoms with Crippen molar-refractivity contribution in [1.82, 2.24) is 20.2 Å². The molecule has 0 spiro atoms. The van der Waals surface area contributed by atoms with Crippen LogP contribution in [0, 0.1) is 13.8 Å². The summed E-state index contributed by atoms with van der Waals surface area (Å²) in [6, 6.07) is 1.99. The van der Waals surface area contributed by atoms with Gasteiger partial charge in [0.25, 0.3) is 0 Å². The van der Waals surface area contributed by atoms with Gasteiger partial charge in [-0.25, -0.2) is 14.8 Å². The zero-order valence-electron chi connectivity index (χ0n) is 16.2. The molecule has 1 aliphatic heterocycles. The van der Waals surface area contributed by atoms with Gasteiger partial charge in [-0.15, -0.1) is 0 Å². The van der Waals surface area contributed by atoms with E-state index in [1.54, 1.807) is 4.90 Å². The fraction of sp³-hybridized carbons (Fsp3) is 0.667. The summed E-state index contributed by atoms with van der Waals surface area (Å²) in [4.78, 5) is 34.6. The fourth-order valence-corrected chi connectivity index (χ4v) is 3.45. The number of thioether (sulfide) groups is 1. The van der Waals surface area contributed by atoms with Gasteiger partial charge in [-0.3, -0.25) is 4.79 Å². The summed E-state index contributed by atoms with van der Waals surface area (Å²) >= 11 is 1.34. The number of hydrogen-bond donors (Lipinski definition) is 1. The summed E-state index contributed by atoms with van der Waals surface area (Å²) in [5, 5.41) is 3.65. The van der Waals surface area contributed by atoms with Crippen LogP contribution < -0.4 is 5.32 Å². The number of nitrogens with one attached hydrogen (secondary N) is 1. The van der Waals surface area contributed by atoms with Crippen LogP contribution in [0.4, 0.5) is 4.79 Å². The van der Waals surface area contributed by atoms with Crippen LogP contribution in [0.25, 0.3) is 0 Å². The van der Waals surface area contributed by atoms with Gasteiger partial charge in [0.05, 0.1) is 5.75 Å². The van der Waals surface area contributed by atoms with Crippen LogP contribution in [0.3, 0.4) is 0 Å². The van der Waals surface area contributed by atoms with E-state index < -0.39 is 5.60 Å². The van der Waals surface area contributed by atoms with E-state index in [4.69, 9.17) is 4.74 Å². The van der Waals surface area contributed by atoms with Gasteiger partial charge in [0.15, 0.2) is 5.16 Å². The minimum atomic E-state index is -0.490. The Bertz CT molecular complexity index is 632. The molecule has 7 nitrogen and oxygen atoms in total. The quantitative estimate of drug-likeness (QED) is 0.639. The van der Waals surface area contributed by atoms with Crippen molar-refractivity contribution in [3.05, 3.63) is 17.5 Å². The molecule has 0 bridgehead atoms. The Kier molecular flexibility index (Phi) is 6.86. The van der Waals surface area contributed by atoms with Gasteiger partial charge in [-0.2, -0.15) is 0 Å². The number of carbonyl (C=O) groups is 2. The highest BCUT2D eigenvalue weighted by atomic mass is 32.2. The second-order valence-electron chi connectivity index (χ2n) is 7.53. The van der Waals surface area contributed by atoms with Gasteiger partial charge in [0.1, 0.15) is 5.60 Å². The van der Waals surface area contributed by atoms with Crippen LogP contribution in [-0.2, 0) is 9.53 Å². The number of aromatic nitrogens is 2. The molecule has 1 fully saturated rings. The van der Waals surface area contributed by atoms with E-state index in [-0.39, 0.29) is 23.8 Å². The van der Waals surface area contributed by atoms with E-state index in [0.29, 0.717) is 18.2 Å². The highest BCUT2D eigenvalue weighted by Crippen LogP contribution is 2.17. The summed E-state index contributed by atoms with van der Waals surface area (Å²) in [6.45, 7) is 10.6. The Morgan fingerprint density at radius 3 is 2.35 bits per heavy atom.